The first-order valence-corrected chi connectivity index (χ1v) is 7.38. The van der Waals surface area contributed by atoms with E-state index in [9.17, 15) is 13.5 Å². The number of sulfonamides is 1. The third-order valence-corrected chi connectivity index (χ3v) is 4.15. The smallest absolute Gasteiger partial charge is 0.240 e. The maximum absolute atomic E-state index is 12.1. The summed E-state index contributed by atoms with van der Waals surface area (Å²) >= 11 is 0. The van der Waals surface area contributed by atoms with E-state index in [4.69, 9.17) is 10.5 Å². The van der Waals surface area contributed by atoms with Crippen molar-refractivity contribution >= 4 is 15.7 Å². The van der Waals surface area contributed by atoms with Crippen LogP contribution in [0, 0.1) is 0 Å². The highest BCUT2D eigenvalue weighted by Crippen LogP contribution is 2.24. The van der Waals surface area contributed by atoms with Crippen molar-refractivity contribution in [3.63, 3.8) is 0 Å². The summed E-state index contributed by atoms with van der Waals surface area (Å²) in [5.41, 5.74) is 5.94. The standard InChI is InChI=1S/C12H20N2O4S/c1-8(6-9(2)15)14-19(16,17)10-4-5-12(18-3)11(13)7-10/h4-5,7-9,14-15H,6,13H2,1-3H3. The number of nitrogen functional groups attached to an aromatic ring is 1. The molecule has 6 nitrogen and oxygen atoms in total. The number of nitrogens with one attached hydrogen (secondary N) is 1. The third-order valence-electron chi connectivity index (χ3n) is 2.56. The van der Waals surface area contributed by atoms with E-state index in [1.807, 2.05) is 0 Å². The molecule has 0 aliphatic heterocycles. The minimum absolute atomic E-state index is 0.0724. The molecule has 1 aromatic carbocycles. The number of aliphatic hydroxyl groups is 1. The number of ether oxygens (including phenoxy) is 1. The Kier molecular flexibility index (Phi) is 5.16. The lowest BCUT2D eigenvalue weighted by Crippen LogP contribution is -2.34. The Bertz CT molecular complexity index is 529. The van der Waals surface area contributed by atoms with Crippen LogP contribution in [-0.4, -0.2) is 32.8 Å². The van der Waals surface area contributed by atoms with Gasteiger partial charge in [0.2, 0.25) is 10.0 Å². The van der Waals surface area contributed by atoms with Crippen LogP contribution in [-0.2, 0) is 10.0 Å². The van der Waals surface area contributed by atoms with Crippen molar-refractivity contribution in [1.82, 2.24) is 4.72 Å². The number of benzene rings is 1. The predicted octanol–water partition coefficient (Wildman–Crippen LogP) is 0.715. The largest absolute Gasteiger partial charge is 0.495 e. The summed E-state index contributed by atoms with van der Waals surface area (Å²) in [5.74, 6) is 0.427. The summed E-state index contributed by atoms with van der Waals surface area (Å²) in [4.78, 5) is 0.0724. The Morgan fingerprint density at radius 3 is 2.53 bits per heavy atom. The fourth-order valence-electron chi connectivity index (χ4n) is 1.77. The van der Waals surface area contributed by atoms with E-state index in [0.29, 0.717) is 12.2 Å². The number of aliphatic hydroxyl groups excluding tert-OH is 1. The van der Waals surface area contributed by atoms with E-state index in [2.05, 4.69) is 4.72 Å². The van der Waals surface area contributed by atoms with Crippen LogP contribution >= 0.6 is 0 Å². The van der Waals surface area contributed by atoms with Crippen molar-refractivity contribution in [3.8, 4) is 5.75 Å². The normalized spacial score (nSPS) is 14.9. The summed E-state index contributed by atoms with van der Waals surface area (Å²) in [6.45, 7) is 3.30. The molecule has 0 aliphatic rings. The molecule has 1 rings (SSSR count). The maximum atomic E-state index is 12.1. The van der Waals surface area contributed by atoms with Crippen molar-refractivity contribution in [1.29, 1.82) is 0 Å². The zero-order chi connectivity index (χ0) is 14.6. The van der Waals surface area contributed by atoms with Crippen LogP contribution in [0.25, 0.3) is 0 Å². The van der Waals surface area contributed by atoms with Gasteiger partial charge < -0.3 is 15.6 Å². The molecule has 19 heavy (non-hydrogen) atoms. The first-order chi connectivity index (χ1) is 8.76. The van der Waals surface area contributed by atoms with E-state index >= 15 is 0 Å². The molecule has 7 heteroatoms. The van der Waals surface area contributed by atoms with Crippen molar-refractivity contribution < 1.29 is 18.3 Å². The number of anilines is 1. The van der Waals surface area contributed by atoms with Gasteiger partial charge in [0.05, 0.1) is 23.8 Å². The molecule has 4 N–H and O–H groups in total. The number of hydrogen-bond donors (Lipinski definition) is 3. The van der Waals surface area contributed by atoms with Gasteiger partial charge in [0.25, 0.3) is 0 Å². The van der Waals surface area contributed by atoms with Crippen LogP contribution in [0.4, 0.5) is 5.69 Å². The summed E-state index contributed by atoms with van der Waals surface area (Å²) in [5, 5.41) is 9.23. The van der Waals surface area contributed by atoms with Gasteiger partial charge in [-0.05, 0) is 38.5 Å². The molecule has 108 valence electrons. The summed E-state index contributed by atoms with van der Waals surface area (Å²) in [6, 6.07) is 3.90. The van der Waals surface area contributed by atoms with Crippen LogP contribution < -0.4 is 15.2 Å². The molecule has 1 aromatic rings. The van der Waals surface area contributed by atoms with Crippen LogP contribution in [0.2, 0.25) is 0 Å². The lowest BCUT2D eigenvalue weighted by molar-refractivity contribution is 0.175. The zero-order valence-corrected chi connectivity index (χ0v) is 12.1. The quantitative estimate of drug-likeness (QED) is 0.669. The van der Waals surface area contributed by atoms with Gasteiger partial charge in [0.15, 0.2) is 0 Å². The number of nitrogens with two attached hydrogens (primary N) is 1. The van der Waals surface area contributed by atoms with Crippen LogP contribution in [0.5, 0.6) is 5.75 Å². The molecule has 0 aromatic heterocycles. The minimum atomic E-state index is -3.65. The van der Waals surface area contributed by atoms with Crippen LogP contribution in [0.3, 0.4) is 0 Å². The molecule has 2 unspecified atom stereocenters. The zero-order valence-electron chi connectivity index (χ0n) is 11.3. The molecule has 0 heterocycles. The van der Waals surface area contributed by atoms with E-state index < -0.39 is 16.1 Å². The molecule has 0 fully saturated rings. The third kappa shape index (κ3) is 4.38. The van der Waals surface area contributed by atoms with Crippen molar-refractivity contribution in [2.24, 2.45) is 0 Å². The molecule has 0 saturated carbocycles. The second kappa shape index (κ2) is 6.23. The minimum Gasteiger partial charge on any atom is -0.495 e. The number of methoxy groups -OCH3 is 1. The second-order valence-corrected chi connectivity index (χ2v) is 6.22. The van der Waals surface area contributed by atoms with Gasteiger partial charge in [-0.25, -0.2) is 13.1 Å². The van der Waals surface area contributed by atoms with Gasteiger partial charge in [-0.1, -0.05) is 0 Å². The fraction of sp³-hybridized carbons (Fsp3) is 0.500. The van der Waals surface area contributed by atoms with E-state index in [-0.39, 0.29) is 16.6 Å². The lowest BCUT2D eigenvalue weighted by Gasteiger charge is -2.16. The summed E-state index contributed by atoms with van der Waals surface area (Å²) in [7, 11) is -2.19. The van der Waals surface area contributed by atoms with Crippen LogP contribution in [0.15, 0.2) is 23.1 Å². The maximum Gasteiger partial charge on any atom is 0.240 e. The Hall–Kier alpha value is -1.31. The average Bonchev–Trinajstić information content (AvgIpc) is 2.26. The SMILES string of the molecule is COc1ccc(S(=O)(=O)NC(C)CC(C)O)cc1N. The van der Waals surface area contributed by atoms with Gasteiger partial charge in [-0.2, -0.15) is 0 Å². The van der Waals surface area contributed by atoms with Crippen molar-refractivity contribution in [2.45, 2.75) is 37.3 Å². The van der Waals surface area contributed by atoms with E-state index in [1.165, 1.54) is 25.3 Å². The highest BCUT2D eigenvalue weighted by atomic mass is 32.2. The monoisotopic (exact) mass is 288 g/mol. The highest BCUT2D eigenvalue weighted by molar-refractivity contribution is 7.89. The predicted molar refractivity (Wildman–Crippen MR) is 73.5 cm³/mol. The highest BCUT2D eigenvalue weighted by Gasteiger charge is 2.19. The molecule has 0 bridgehead atoms. The van der Waals surface area contributed by atoms with E-state index in [1.54, 1.807) is 13.8 Å². The van der Waals surface area contributed by atoms with Gasteiger partial charge >= 0.3 is 0 Å². The lowest BCUT2D eigenvalue weighted by atomic mass is 10.2. The van der Waals surface area contributed by atoms with E-state index in [0.717, 1.165) is 0 Å². The molecular weight excluding hydrogens is 268 g/mol. The Morgan fingerprint density at radius 1 is 1.42 bits per heavy atom. The molecule has 0 saturated heterocycles. The van der Waals surface area contributed by atoms with Gasteiger partial charge in [-0.3, -0.25) is 0 Å². The Balaban J connectivity index is 2.91. The molecule has 0 spiro atoms. The van der Waals surface area contributed by atoms with Gasteiger partial charge in [-0.15, -0.1) is 0 Å². The topological polar surface area (TPSA) is 102 Å². The molecule has 0 radical (unpaired) electrons. The summed E-state index contributed by atoms with van der Waals surface area (Å²) < 4.78 is 31.6. The Labute approximate surface area is 113 Å². The number of hydrogen-bond acceptors (Lipinski definition) is 5. The molecule has 0 amide bonds. The first kappa shape index (κ1) is 15.7. The first-order valence-electron chi connectivity index (χ1n) is 5.90. The number of rotatable bonds is 6. The van der Waals surface area contributed by atoms with Crippen molar-refractivity contribution in [2.75, 3.05) is 12.8 Å². The Morgan fingerprint density at radius 2 is 2.05 bits per heavy atom. The second-order valence-electron chi connectivity index (χ2n) is 4.51. The van der Waals surface area contributed by atoms with Crippen molar-refractivity contribution in [3.05, 3.63) is 18.2 Å². The summed E-state index contributed by atoms with van der Waals surface area (Å²) in [6.07, 6.45) is -0.233. The van der Waals surface area contributed by atoms with Gasteiger partial charge in [0.1, 0.15) is 5.75 Å². The molecule has 2 atom stereocenters. The van der Waals surface area contributed by atoms with Gasteiger partial charge in [0, 0.05) is 6.04 Å². The fourth-order valence-corrected chi connectivity index (χ4v) is 3.06. The molecule has 0 aliphatic carbocycles. The molecular formula is C12H20N2O4S. The van der Waals surface area contributed by atoms with Crippen LogP contribution in [0.1, 0.15) is 20.3 Å². The average molecular weight is 288 g/mol.